The van der Waals surface area contributed by atoms with Crippen LogP contribution >= 0.6 is 11.6 Å². The van der Waals surface area contributed by atoms with Gasteiger partial charge in [-0.25, -0.2) is 4.68 Å². The molecule has 8 nitrogen and oxygen atoms in total. The molecule has 2 aromatic carbocycles. The second-order valence-electron chi connectivity index (χ2n) is 6.56. The molecule has 1 atom stereocenters. The Morgan fingerprint density at radius 1 is 1.21 bits per heavy atom. The van der Waals surface area contributed by atoms with E-state index in [0.717, 1.165) is 11.3 Å². The van der Waals surface area contributed by atoms with E-state index in [2.05, 4.69) is 20.8 Å². The number of tetrazole rings is 1. The molecule has 0 saturated carbocycles. The third-order valence-corrected chi connectivity index (χ3v) is 5.00. The molecule has 1 aliphatic heterocycles. The van der Waals surface area contributed by atoms with Crippen LogP contribution in [-0.4, -0.2) is 43.5 Å². The van der Waals surface area contributed by atoms with Crippen LogP contribution in [0, 0.1) is 5.92 Å². The Hall–Kier alpha value is -3.26. The van der Waals surface area contributed by atoms with E-state index < -0.39 is 5.92 Å². The lowest BCUT2D eigenvalue weighted by Crippen LogP contribution is -2.28. The monoisotopic (exact) mass is 396 g/mol. The minimum absolute atomic E-state index is 0.0532. The molecule has 1 unspecified atom stereocenters. The van der Waals surface area contributed by atoms with Gasteiger partial charge in [0.05, 0.1) is 11.6 Å². The minimum Gasteiger partial charge on any atom is -0.337 e. The van der Waals surface area contributed by atoms with Crippen molar-refractivity contribution in [2.24, 2.45) is 5.92 Å². The molecular formula is C19H17ClN6O2. The van der Waals surface area contributed by atoms with E-state index in [4.69, 9.17) is 11.6 Å². The van der Waals surface area contributed by atoms with Gasteiger partial charge in [-0.2, -0.15) is 0 Å². The first-order valence-corrected chi connectivity index (χ1v) is 9.13. The Bertz CT molecular complexity index is 1010. The van der Waals surface area contributed by atoms with Gasteiger partial charge in [-0.3, -0.25) is 9.59 Å². The summed E-state index contributed by atoms with van der Waals surface area (Å²) in [6, 6.07) is 14.6. The molecule has 2 heterocycles. The van der Waals surface area contributed by atoms with Crippen LogP contribution in [0.1, 0.15) is 12.0 Å². The van der Waals surface area contributed by atoms with Gasteiger partial charge in [0.15, 0.2) is 0 Å². The average molecular weight is 397 g/mol. The highest BCUT2D eigenvalue weighted by molar-refractivity contribution is 6.31. The molecule has 0 radical (unpaired) electrons. The topological polar surface area (TPSA) is 93.0 Å². The number of hydrogen-bond acceptors (Lipinski definition) is 5. The van der Waals surface area contributed by atoms with Crippen molar-refractivity contribution in [3.63, 3.8) is 0 Å². The van der Waals surface area contributed by atoms with Crippen molar-refractivity contribution < 1.29 is 9.59 Å². The maximum atomic E-state index is 12.7. The standard InChI is InChI=1S/C19H17ClN6O2/c20-17-7-2-1-4-13(17)10-25-11-14(8-18(25)27)19(28)22-15-5-3-6-16(9-15)26-12-21-23-24-26/h1-7,9,12,14H,8,10-11H2,(H,22,28). The Morgan fingerprint density at radius 2 is 2.07 bits per heavy atom. The van der Waals surface area contributed by atoms with Crippen molar-refractivity contribution >= 4 is 29.1 Å². The van der Waals surface area contributed by atoms with E-state index in [-0.39, 0.29) is 18.2 Å². The molecule has 2 amide bonds. The average Bonchev–Trinajstić information content (AvgIpc) is 3.34. The van der Waals surface area contributed by atoms with Crippen LogP contribution in [0.25, 0.3) is 5.69 Å². The summed E-state index contributed by atoms with van der Waals surface area (Å²) in [5.41, 5.74) is 2.22. The number of benzene rings is 2. The van der Waals surface area contributed by atoms with Crippen molar-refractivity contribution in [2.45, 2.75) is 13.0 Å². The van der Waals surface area contributed by atoms with Gasteiger partial charge in [0.2, 0.25) is 11.8 Å². The summed E-state index contributed by atoms with van der Waals surface area (Å²) < 4.78 is 1.50. The van der Waals surface area contributed by atoms with Crippen LogP contribution in [0.15, 0.2) is 54.9 Å². The maximum Gasteiger partial charge on any atom is 0.229 e. The Balaban J connectivity index is 1.41. The number of amides is 2. The molecule has 1 saturated heterocycles. The zero-order valence-corrected chi connectivity index (χ0v) is 15.6. The van der Waals surface area contributed by atoms with Crippen LogP contribution in [0.5, 0.6) is 0 Å². The number of carbonyl (C=O) groups excluding carboxylic acids is 2. The first-order valence-electron chi connectivity index (χ1n) is 8.75. The normalized spacial score (nSPS) is 16.4. The fraction of sp³-hybridized carbons (Fsp3) is 0.211. The highest BCUT2D eigenvalue weighted by Gasteiger charge is 2.34. The molecule has 28 heavy (non-hydrogen) atoms. The van der Waals surface area contributed by atoms with Crippen molar-refractivity contribution in [3.8, 4) is 5.69 Å². The van der Waals surface area contributed by atoms with E-state index in [1.807, 2.05) is 24.3 Å². The van der Waals surface area contributed by atoms with Crippen molar-refractivity contribution in [1.29, 1.82) is 0 Å². The zero-order chi connectivity index (χ0) is 19.5. The molecule has 1 fully saturated rings. The van der Waals surface area contributed by atoms with E-state index in [1.54, 1.807) is 29.2 Å². The van der Waals surface area contributed by atoms with E-state index in [1.165, 1.54) is 11.0 Å². The van der Waals surface area contributed by atoms with Crippen LogP contribution in [0.4, 0.5) is 5.69 Å². The predicted octanol–water partition coefficient (Wildman–Crippen LogP) is 2.30. The molecular weight excluding hydrogens is 380 g/mol. The molecule has 1 N–H and O–H groups in total. The van der Waals surface area contributed by atoms with E-state index in [0.29, 0.717) is 23.8 Å². The number of halogens is 1. The number of nitrogens with zero attached hydrogens (tertiary/aromatic N) is 5. The summed E-state index contributed by atoms with van der Waals surface area (Å²) in [4.78, 5) is 26.7. The molecule has 4 rings (SSSR count). The van der Waals surface area contributed by atoms with Gasteiger partial charge < -0.3 is 10.2 Å². The largest absolute Gasteiger partial charge is 0.337 e. The van der Waals surface area contributed by atoms with Crippen molar-refractivity contribution in [1.82, 2.24) is 25.1 Å². The summed E-state index contributed by atoms with van der Waals surface area (Å²) in [5.74, 6) is -0.655. The second-order valence-corrected chi connectivity index (χ2v) is 6.97. The summed E-state index contributed by atoms with van der Waals surface area (Å²) >= 11 is 6.18. The van der Waals surface area contributed by atoms with E-state index >= 15 is 0 Å². The third-order valence-electron chi connectivity index (χ3n) is 4.63. The molecule has 0 aliphatic carbocycles. The van der Waals surface area contributed by atoms with Gasteiger partial charge in [-0.15, -0.1) is 5.10 Å². The van der Waals surface area contributed by atoms with Gasteiger partial charge in [0.1, 0.15) is 6.33 Å². The number of hydrogen-bond donors (Lipinski definition) is 1. The SMILES string of the molecule is O=C(Nc1cccc(-n2cnnn2)c1)C1CC(=O)N(Cc2ccccc2Cl)C1. The number of likely N-dealkylation sites (tertiary alicyclic amines) is 1. The highest BCUT2D eigenvalue weighted by Crippen LogP contribution is 2.25. The first kappa shape index (κ1) is 18.1. The molecule has 0 bridgehead atoms. The minimum atomic E-state index is -0.410. The quantitative estimate of drug-likeness (QED) is 0.714. The van der Waals surface area contributed by atoms with Gasteiger partial charge in [-0.1, -0.05) is 35.9 Å². The number of nitrogens with one attached hydrogen (secondary N) is 1. The second kappa shape index (κ2) is 7.77. The maximum absolute atomic E-state index is 12.7. The third kappa shape index (κ3) is 3.86. The first-order chi connectivity index (χ1) is 13.6. The van der Waals surface area contributed by atoms with Gasteiger partial charge >= 0.3 is 0 Å². The molecule has 142 valence electrons. The Morgan fingerprint density at radius 3 is 2.86 bits per heavy atom. The Labute approximate surface area is 166 Å². The van der Waals surface area contributed by atoms with Crippen LogP contribution in [0.3, 0.4) is 0 Å². The summed E-state index contributed by atoms with van der Waals surface area (Å²) in [6.07, 6.45) is 1.66. The van der Waals surface area contributed by atoms with Crippen LogP contribution in [0.2, 0.25) is 5.02 Å². The van der Waals surface area contributed by atoms with Gasteiger partial charge in [0.25, 0.3) is 0 Å². The molecule has 0 spiro atoms. The molecule has 3 aromatic rings. The lowest BCUT2D eigenvalue weighted by molar-refractivity contribution is -0.128. The fourth-order valence-electron chi connectivity index (χ4n) is 3.18. The lowest BCUT2D eigenvalue weighted by atomic mass is 10.1. The van der Waals surface area contributed by atoms with Gasteiger partial charge in [0, 0.05) is 30.2 Å². The number of anilines is 1. The number of rotatable bonds is 5. The van der Waals surface area contributed by atoms with Crippen LogP contribution in [-0.2, 0) is 16.1 Å². The molecule has 1 aromatic heterocycles. The summed E-state index contributed by atoms with van der Waals surface area (Å²) in [5, 5.41) is 14.5. The predicted molar refractivity (Wildman–Crippen MR) is 103 cm³/mol. The molecule has 9 heteroatoms. The van der Waals surface area contributed by atoms with Crippen LogP contribution < -0.4 is 5.32 Å². The number of carbonyl (C=O) groups is 2. The summed E-state index contributed by atoms with van der Waals surface area (Å²) in [7, 11) is 0. The van der Waals surface area contributed by atoms with Crippen molar-refractivity contribution in [2.75, 3.05) is 11.9 Å². The molecule has 1 aliphatic rings. The fourth-order valence-corrected chi connectivity index (χ4v) is 3.38. The van der Waals surface area contributed by atoms with E-state index in [9.17, 15) is 9.59 Å². The zero-order valence-electron chi connectivity index (χ0n) is 14.8. The van der Waals surface area contributed by atoms with Crippen molar-refractivity contribution in [3.05, 3.63) is 65.4 Å². The van der Waals surface area contributed by atoms with Gasteiger partial charge in [-0.05, 0) is 40.3 Å². The number of aromatic nitrogens is 4. The highest BCUT2D eigenvalue weighted by atomic mass is 35.5. The smallest absolute Gasteiger partial charge is 0.229 e. The lowest BCUT2D eigenvalue weighted by Gasteiger charge is -2.17. The Kier molecular flexibility index (Phi) is 5.03. The summed E-state index contributed by atoms with van der Waals surface area (Å²) in [6.45, 7) is 0.764.